The van der Waals surface area contributed by atoms with E-state index in [0.717, 1.165) is 5.56 Å². The van der Waals surface area contributed by atoms with Gasteiger partial charge >= 0.3 is 0 Å². The average molecular weight is 296 g/mol. The molecule has 3 unspecified atom stereocenters. The summed E-state index contributed by atoms with van der Waals surface area (Å²) >= 11 is 0. The second kappa shape index (κ2) is 6.30. The minimum Gasteiger partial charge on any atom is -0.398 e. The van der Waals surface area contributed by atoms with E-state index in [1.54, 1.807) is 12.1 Å². The molecule has 7 nitrogen and oxygen atoms in total. The van der Waals surface area contributed by atoms with Gasteiger partial charge in [0.25, 0.3) is 0 Å². The van der Waals surface area contributed by atoms with Gasteiger partial charge in [0.1, 0.15) is 5.54 Å². The molecule has 118 valence electrons. The first-order chi connectivity index (χ1) is 9.64. The molecule has 1 amide bonds. The summed E-state index contributed by atoms with van der Waals surface area (Å²) in [5.41, 5.74) is 18.1. The van der Waals surface area contributed by atoms with Gasteiger partial charge in [-0.3, -0.25) is 4.79 Å². The smallest absolute Gasteiger partial charge is 0.245 e. The van der Waals surface area contributed by atoms with E-state index in [2.05, 4.69) is 5.32 Å². The third-order valence-corrected chi connectivity index (χ3v) is 3.72. The van der Waals surface area contributed by atoms with Crippen molar-refractivity contribution in [1.29, 1.82) is 0 Å². The summed E-state index contributed by atoms with van der Waals surface area (Å²) in [5.74, 6) is -0.658. The lowest BCUT2D eigenvalue weighted by Crippen LogP contribution is -2.67. The molecule has 0 aliphatic heterocycles. The number of hydrogen-bond acceptors (Lipinski definition) is 6. The zero-order chi connectivity index (χ0) is 16.4. The van der Waals surface area contributed by atoms with E-state index >= 15 is 0 Å². The molecule has 9 N–H and O–H groups in total. The second-order valence-electron chi connectivity index (χ2n) is 5.33. The van der Waals surface area contributed by atoms with Crippen LogP contribution in [0, 0.1) is 6.92 Å². The predicted octanol–water partition coefficient (Wildman–Crippen LogP) is -1.11. The topological polar surface area (TPSA) is 148 Å². The van der Waals surface area contributed by atoms with Crippen LogP contribution in [-0.4, -0.2) is 40.9 Å². The Labute approximate surface area is 124 Å². The van der Waals surface area contributed by atoms with E-state index in [-0.39, 0.29) is 6.42 Å². The van der Waals surface area contributed by atoms with Crippen LogP contribution in [-0.2, 0) is 11.2 Å². The van der Waals surface area contributed by atoms with Crippen LogP contribution in [0.25, 0.3) is 0 Å². The molecule has 0 fully saturated rings. The fraction of sp³-hybridized carbons (Fsp3) is 0.500. The molecule has 0 aliphatic rings. The lowest BCUT2D eigenvalue weighted by molar-refractivity contribution is -0.135. The predicted molar refractivity (Wildman–Crippen MR) is 82.4 cm³/mol. The number of carbonyl (C=O) groups excluding carboxylic acids is 1. The number of hydrogen-bond donors (Lipinski definition) is 6. The van der Waals surface area contributed by atoms with Gasteiger partial charge in [-0.15, -0.1) is 0 Å². The van der Waals surface area contributed by atoms with Crippen molar-refractivity contribution in [2.24, 2.45) is 5.73 Å². The molecule has 0 saturated carbocycles. The first-order valence-corrected chi connectivity index (χ1v) is 6.66. The fourth-order valence-electron chi connectivity index (χ4n) is 2.31. The number of nitrogens with one attached hydrogen (secondary N) is 1. The molecule has 0 spiro atoms. The number of nitrogens with two attached hydrogens (primary N) is 3. The fourth-order valence-corrected chi connectivity index (χ4v) is 2.31. The van der Waals surface area contributed by atoms with E-state index in [1.807, 2.05) is 6.92 Å². The summed E-state index contributed by atoms with van der Waals surface area (Å²) in [5, 5.41) is 22.5. The highest BCUT2D eigenvalue weighted by Gasteiger charge is 2.45. The van der Waals surface area contributed by atoms with Gasteiger partial charge in [0.2, 0.25) is 5.91 Å². The number of anilines is 2. The molecule has 21 heavy (non-hydrogen) atoms. The molecule has 0 aromatic heterocycles. The lowest BCUT2D eigenvalue weighted by Gasteiger charge is -2.35. The van der Waals surface area contributed by atoms with Gasteiger partial charge in [-0.2, -0.15) is 0 Å². The Bertz CT molecular complexity index is 510. The van der Waals surface area contributed by atoms with Crippen LogP contribution in [0.5, 0.6) is 0 Å². The van der Waals surface area contributed by atoms with Crippen molar-refractivity contribution in [2.45, 2.75) is 38.0 Å². The van der Waals surface area contributed by atoms with Gasteiger partial charge in [0.15, 0.2) is 0 Å². The molecule has 0 aliphatic carbocycles. The number of likely N-dealkylation sites (N-methyl/N-ethyl adjacent to an activating group) is 1. The van der Waals surface area contributed by atoms with Crippen molar-refractivity contribution < 1.29 is 15.0 Å². The second-order valence-corrected chi connectivity index (χ2v) is 5.33. The molecule has 0 heterocycles. The van der Waals surface area contributed by atoms with E-state index in [9.17, 15) is 15.0 Å². The monoisotopic (exact) mass is 296 g/mol. The van der Waals surface area contributed by atoms with Crippen LogP contribution in [0.1, 0.15) is 18.1 Å². The lowest BCUT2D eigenvalue weighted by atomic mass is 9.83. The van der Waals surface area contributed by atoms with Crippen LogP contribution >= 0.6 is 0 Å². The number of rotatable bonds is 5. The Morgan fingerprint density at radius 2 is 1.81 bits per heavy atom. The SMILES string of the molecule is CNC(=O)C(N)(C(C)O)C(O)Cc1c(N)cc(C)cc1N. The largest absolute Gasteiger partial charge is 0.398 e. The van der Waals surface area contributed by atoms with Gasteiger partial charge in [0.05, 0.1) is 12.2 Å². The van der Waals surface area contributed by atoms with Crippen LogP contribution in [0.4, 0.5) is 11.4 Å². The zero-order valence-corrected chi connectivity index (χ0v) is 12.6. The number of aryl methyl sites for hydroxylation is 1. The highest BCUT2D eigenvalue weighted by atomic mass is 16.3. The first kappa shape index (κ1) is 17.2. The minimum atomic E-state index is -1.85. The van der Waals surface area contributed by atoms with E-state index in [0.29, 0.717) is 16.9 Å². The third kappa shape index (κ3) is 3.26. The van der Waals surface area contributed by atoms with Crippen molar-refractivity contribution in [3.05, 3.63) is 23.3 Å². The Morgan fingerprint density at radius 3 is 2.19 bits per heavy atom. The van der Waals surface area contributed by atoms with Gasteiger partial charge in [0, 0.05) is 30.4 Å². The molecule has 0 saturated heterocycles. The Morgan fingerprint density at radius 1 is 1.33 bits per heavy atom. The van der Waals surface area contributed by atoms with Crippen molar-refractivity contribution in [1.82, 2.24) is 5.32 Å². The van der Waals surface area contributed by atoms with Crippen molar-refractivity contribution in [2.75, 3.05) is 18.5 Å². The van der Waals surface area contributed by atoms with Crippen molar-refractivity contribution in [3.63, 3.8) is 0 Å². The van der Waals surface area contributed by atoms with Gasteiger partial charge in [-0.25, -0.2) is 0 Å². The molecular formula is C14H24N4O3. The maximum atomic E-state index is 11.9. The number of nitrogen functional groups attached to an aromatic ring is 2. The maximum Gasteiger partial charge on any atom is 0.245 e. The molecule has 1 aromatic rings. The number of aliphatic hydroxyl groups excluding tert-OH is 2. The summed E-state index contributed by atoms with van der Waals surface area (Å²) < 4.78 is 0. The normalized spacial score (nSPS) is 16.9. The van der Waals surface area contributed by atoms with Gasteiger partial charge in [-0.05, 0) is 31.5 Å². The molecule has 1 aromatic carbocycles. The summed E-state index contributed by atoms with van der Waals surface area (Å²) in [6, 6.07) is 3.44. The zero-order valence-electron chi connectivity index (χ0n) is 12.6. The molecule has 0 bridgehead atoms. The molecule has 7 heteroatoms. The highest BCUT2D eigenvalue weighted by Crippen LogP contribution is 2.26. The Hall–Kier alpha value is -1.83. The Kier molecular flexibility index (Phi) is 5.16. The summed E-state index contributed by atoms with van der Waals surface area (Å²) in [7, 11) is 1.38. The molecular weight excluding hydrogens is 272 g/mol. The van der Waals surface area contributed by atoms with Crippen LogP contribution in [0.2, 0.25) is 0 Å². The van der Waals surface area contributed by atoms with Gasteiger partial charge in [-0.1, -0.05) is 0 Å². The first-order valence-electron chi connectivity index (χ1n) is 6.66. The van der Waals surface area contributed by atoms with Crippen LogP contribution in [0.3, 0.4) is 0 Å². The van der Waals surface area contributed by atoms with E-state index in [1.165, 1.54) is 14.0 Å². The number of benzene rings is 1. The summed E-state index contributed by atoms with van der Waals surface area (Å²) in [4.78, 5) is 11.9. The minimum absolute atomic E-state index is 0.0350. The van der Waals surface area contributed by atoms with Crippen LogP contribution < -0.4 is 22.5 Å². The molecule has 1 rings (SSSR count). The number of carbonyl (C=O) groups is 1. The molecule has 3 atom stereocenters. The van der Waals surface area contributed by atoms with Crippen molar-refractivity contribution in [3.8, 4) is 0 Å². The van der Waals surface area contributed by atoms with Gasteiger partial charge < -0.3 is 32.7 Å². The summed E-state index contributed by atoms with van der Waals surface area (Å²) in [6.07, 6.45) is -2.63. The Balaban J connectivity index is 3.14. The summed E-state index contributed by atoms with van der Waals surface area (Å²) in [6.45, 7) is 3.20. The number of amides is 1. The maximum absolute atomic E-state index is 11.9. The quantitative estimate of drug-likeness (QED) is 0.379. The van der Waals surface area contributed by atoms with E-state index in [4.69, 9.17) is 17.2 Å². The molecule has 0 radical (unpaired) electrons. The number of aliphatic hydroxyl groups is 2. The van der Waals surface area contributed by atoms with Crippen LogP contribution in [0.15, 0.2) is 12.1 Å². The average Bonchev–Trinajstić information content (AvgIpc) is 2.40. The van der Waals surface area contributed by atoms with Crippen molar-refractivity contribution >= 4 is 17.3 Å². The third-order valence-electron chi connectivity index (χ3n) is 3.72. The van der Waals surface area contributed by atoms with E-state index < -0.39 is 23.7 Å². The highest BCUT2D eigenvalue weighted by molar-refractivity contribution is 5.87. The standard InChI is InChI=1S/C14H24N4O3/c1-7-4-10(15)9(11(16)5-7)6-12(20)14(17,8(2)19)13(21)18-3/h4-5,8,12,19-20H,6,15-17H2,1-3H3,(H,18,21).